The van der Waals surface area contributed by atoms with E-state index in [0.29, 0.717) is 11.5 Å². The molecular weight excluding hydrogens is 310 g/mol. The lowest BCUT2D eigenvalue weighted by molar-refractivity contribution is -0.144. The average Bonchev–Trinajstić information content (AvgIpc) is 3.35. The van der Waals surface area contributed by atoms with Crippen LogP contribution in [0.1, 0.15) is 50.5 Å². The monoisotopic (exact) mass is 339 g/mol. The molecule has 1 aromatic carbocycles. The molecule has 5 aliphatic rings. The van der Waals surface area contributed by atoms with Crippen molar-refractivity contribution in [1.29, 1.82) is 0 Å². The number of nitrogens with one attached hydrogen (secondary N) is 1. The van der Waals surface area contributed by atoms with Crippen molar-refractivity contribution in [2.24, 2.45) is 23.7 Å². The third-order valence-electron chi connectivity index (χ3n) is 7.71. The first kappa shape index (κ1) is 15.9. The van der Waals surface area contributed by atoms with Gasteiger partial charge in [0.25, 0.3) is 0 Å². The topological polar surface area (TPSA) is 38.3 Å². The number of hydrogen-bond donors (Lipinski definition) is 1. The van der Waals surface area contributed by atoms with Gasteiger partial charge in [-0.2, -0.15) is 0 Å². The molecule has 4 bridgehead atoms. The van der Waals surface area contributed by atoms with Gasteiger partial charge >= 0.3 is 5.97 Å². The van der Waals surface area contributed by atoms with E-state index >= 15 is 0 Å². The maximum atomic E-state index is 12.6. The van der Waals surface area contributed by atoms with Crippen LogP contribution in [0.3, 0.4) is 0 Å². The van der Waals surface area contributed by atoms with Crippen LogP contribution in [0.25, 0.3) is 0 Å². The van der Waals surface area contributed by atoms with Crippen molar-refractivity contribution in [2.75, 3.05) is 13.7 Å². The van der Waals surface area contributed by atoms with Crippen molar-refractivity contribution in [3.8, 4) is 0 Å². The number of carbonyl (C=O) groups is 1. The number of methoxy groups -OCH3 is 1. The van der Waals surface area contributed by atoms with Gasteiger partial charge in [0, 0.05) is 5.54 Å². The zero-order chi connectivity index (χ0) is 17.1. The molecule has 25 heavy (non-hydrogen) atoms. The number of rotatable bonds is 5. The summed E-state index contributed by atoms with van der Waals surface area (Å²) in [4.78, 5) is 12.6. The van der Waals surface area contributed by atoms with Crippen LogP contribution in [-0.4, -0.2) is 25.2 Å². The van der Waals surface area contributed by atoms with Gasteiger partial charge in [-0.05, 0) is 80.7 Å². The number of ether oxygens (including phenoxy) is 1. The summed E-state index contributed by atoms with van der Waals surface area (Å²) in [6, 6.07) is 10.2. The minimum atomic E-state index is -0.411. The van der Waals surface area contributed by atoms with Crippen LogP contribution >= 0.6 is 0 Å². The van der Waals surface area contributed by atoms with E-state index in [1.54, 1.807) is 0 Å². The molecule has 0 amide bonds. The molecule has 0 heterocycles. The quantitative estimate of drug-likeness (QED) is 0.832. The lowest BCUT2D eigenvalue weighted by atomic mass is 9.53. The molecule has 0 spiro atoms. The van der Waals surface area contributed by atoms with Gasteiger partial charge in [0.05, 0.1) is 12.5 Å². The highest BCUT2D eigenvalue weighted by atomic mass is 16.5. The number of hydrogen-bond acceptors (Lipinski definition) is 3. The highest BCUT2D eigenvalue weighted by Gasteiger charge is 2.62. The summed E-state index contributed by atoms with van der Waals surface area (Å²) in [6.45, 7) is 0.955. The lowest BCUT2D eigenvalue weighted by Crippen LogP contribution is -2.58. The Balaban J connectivity index is 1.31. The smallest absolute Gasteiger partial charge is 0.316 e. The number of benzene rings is 1. The fourth-order valence-corrected chi connectivity index (χ4v) is 6.88. The highest BCUT2D eigenvalue weighted by molar-refractivity contribution is 5.87. The minimum Gasteiger partial charge on any atom is -0.468 e. The Hall–Kier alpha value is -1.35. The van der Waals surface area contributed by atoms with Crippen molar-refractivity contribution in [2.45, 2.75) is 55.9 Å². The Morgan fingerprint density at radius 2 is 1.64 bits per heavy atom. The Labute approximate surface area is 150 Å². The first-order chi connectivity index (χ1) is 12.1. The zero-order valence-corrected chi connectivity index (χ0v) is 15.2. The molecule has 0 radical (unpaired) electrons. The lowest BCUT2D eigenvalue weighted by Gasteiger charge is -2.57. The molecule has 5 fully saturated rings. The third kappa shape index (κ3) is 2.46. The van der Waals surface area contributed by atoms with E-state index in [1.165, 1.54) is 45.6 Å². The molecule has 0 aliphatic heterocycles. The largest absolute Gasteiger partial charge is 0.468 e. The van der Waals surface area contributed by atoms with E-state index in [0.717, 1.165) is 36.3 Å². The fourth-order valence-electron chi connectivity index (χ4n) is 6.88. The normalized spacial score (nSPS) is 43.9. The molecular formula is C22H29NO2. The van der Waals surface area contributed by atoms with E-state index in [2.05, 4.69) is 17.4 Å². The van der Waals surface area contributed by atoms with Gasteiger partial charge in [0.1, 0.15) is 0 Å². The van der Waals surface area contributed by atoms with Gasteiger partial charge in [-0.15, -0.1) is 0 Å². The molecule has 2 atom stereocenters. The molecule has 0 aromatic heterocycles. The van der Waals surface area contributed by atoms with Gasteiger partial charge in [-0.1, -0.05) is 30.3 Å². The Bertz CT molecular complexity index is 635. The predicted molar refractivity (Wildman–Crippen MR) is 97.1 cm³/mol. The molecule has 0 unspecified atom stereocenters. The minimum absolute atomic E-state index is 0.0592. The van der Waals surface area contributed by atoms with Crippen LogP contribution in [0.5, 0.6) is 0 Å². The van der Waals surface area contributed by atoms with Crippen molar-refractivity contribution in [1.82, 2.24) is 5.32 Å². The maximum Gasteiger partial charge on any atom is 0.316 e. The van der Waals surface area contributed by atoms with Crippen molar-refractivity contribution >= 4 is 5.97 Å². The summed E-state index contributed by atoms with van der Waals surface area (Å²) in [5.41, 5.74) is 1.08. The van der Waals surface area contributed by atoms with Crippen molar-refractivity contribution in [3.05, 3.63) is 35.9 Å². The number of carbonyl (C=O) groups excluding carboxylic acids is 1. The standard InChI is InChI=1S/C22H29NO2/c1-25-20(24)22(18-5-3-2-4-6-18)13-19(22)14-23-21-10-15-7-16(11-21)9-17(8-15)12-21/h2-6,15-17,19,23H,7-14H2,1H3/t15?,16?,17?,19-,21?,22-/m1/s1. The maximum absolute atomic E-state index is 12.6. The molecule has 3 nitrogen and oxygen atoms in total. The predicted octanol–water partition coefficient (Wildman–Crippen LogP) is 3.68. The van der Waals surface area contributed by atoms with Gasteiger partial charge in [-0.25, -0.2) is 0 Å². The second-order valence-electron chi connectivity index (χ2n) is 9.31. The van der Waals surface area contributed by atoms with E-state index in [-0.39, 0.29) is 5.97 Å². The SMILES string of the molecule is COC(=O)[C@@]1(c2ccccc2)C[C@@H]1CNC12CC3CC(CC(C3)C1)C2. The van der Waals surface area contributed by atoms with E-state index in [4.69, 9.17) is 4.74 Å². The molecule has 3 heteroatoms. The van der Waals surface area contributed by atoms with E-state index in [1.807, 2.05) is 18.2 Å². The third-order valence-corrected chi connectivity index (χ3v) is 7.71. The van der Waals surface area contributed by atoms with Crippen LogP contribution in [0.2, 0.25) is 0 Å². The van der Waals surface area contributed by atoms with Crippen LogP contribution < -0.4 is 5.32 Å². The van der Waals surface area contributed by atoms with Crippen LogP contribution in [0.15, 0.2) is 30.3 Å². The zero-order valence-electron chi connectivity index (χ0n) is 15.2. The Morgan fingerprint density at radius 3 is 2.20 bits per heavy atom. The summed E-state index contributed by atoms with van der Waals surface area (Å²) >= 11 is 0. The van der Waals surface area contributed by atoms with Gasteiger partial charge < -0.3 is 10.1 Å². The Morgan fingerprint density at radius 1 is 1.04 bits per heavy atom. The van der Waals surface area contributed by atoms with Gasteiger partial charge in [0.15, 0.2) is 0 Å². The van der Waals surface area contributed by atoms with Crippen molar-refractivity contribution < 1.29 is 9.53 Å². The molecule has 1 N–H and O–H groups in total. The first-order valence-corrected chi connectivity index (χ1v) is 10.0. The number of esters is 1. The van der Waals surface area contributed by atoms with Crippen LogP contribution in [-0.2, 0) is 14.9 Å². The molecule has 6 rings (SSSR count). The summed E-state index contributed by atoms with van der Waals surface area (Å²) in [7, 11) is 1.52. The Kier molecular flexibility index (Phi) is 3.54. The van der Waals surface area contributed by atoms with Gasteiger partial charge in [0.2, 0.25) is 0 Å². The van der Waals surface area contributed by atoms with Gasteiger partial charge in [-0.3, -0.25) is 4.79 Å². The second kappa shape index (κ2) is 5.57. The molecule has 134 valence electrons. The molecule has 5 saturated carbocycles. The van der Waals surface area contributed by atoms with E-state index in [9.17, 15) is 4.79 Å². The van der Waals surface area contributed by atoms with E-state index < -0.39 is 5.41 Å². The average molecular weight is 339 g/mol. The van der Waals surface area contributed by atoms with Crippen molar-refractivity contribution in [3.63, 3.8) is 0 Å². The molecule has 0 saturated heterocycles. The summed E-state index contributed by atoms with van der Waals surface area (Å²) in [5, 5.41) is 3.98. The second-order valence-corrected chi connectivity index (χ2v) is 9.31. The van der Waals surface area contributed by atoms with Crippen LogP contribution in [0.4, 0.5) is 0 Å². The summed E-state index contributed by atoms with van der Waals surface area (Å²) < 4.78 is 5.19. The van der Waals surface area contributed by atoms with Crippen LogP contribution in [0, 0.1) is 23.7 Å². The molecule has 1 aromatic rings. The summed E-state index contributed by atoms with van der Waals surface area (Å²) in [6.07, 6.45) is 9.43. The fraction of sp³-hybridized carbons (Fsp3) is 0.682. The first-order valence-electron chi connectivity index (χ1n) is 10.0. The summed E-state index contributed by atoms with van der Waals surface area (Å²) in [5.74, 6) is 3.18. The molecule has 5 aliphatic carbocycles. The highest BCUT2D eigenvalue weighted by Crippen LogP contribution is 2.58.